The van der Waals surface area contributed by atoms with Crippen LogP contribution in [-0.4, -0.2) is 12.3 Å². The van der Waals surface area contributed by atoms with Crippen LogP contribution in [0.2, 0.25) is 0 Å². The molecule has 0 unspecified atom stereocenters. The maximum Gasteiger partial charge on any atom is 0.132 e. The molecule has 0 aliphatic heterocycles. The molecule has 68 valence electrons. The highest BCUT2D eigenvalue weighted by Gasteiger charge is 2.04. The SMILES string of the molecule is CC.CC(=O)[C@@H](C)CCCN. The Labute approximate surface area is 70.2 Å². The molecule has 2 heteroatoms. The Hall–Kier alpha value is -0.370. The Bertz CT molecular complexity index is 91.6. The fourth-order valence-electron chi connectivity index (χ4n) is 0.627. The van der Waals surface area contributed by atoms with Crippen LogP contribution in [0.1, 0.15) is 40.5 Å². The van der Waals surface area contributed by atoms with Gasteiger partial charge in [-0.25, -0.2) is 0 Å². The van der Waals surface area contributed by atoms with Gasteiger partial charge in [0.25, 0.3) is 0 Å². The largest absolute Gasteiger partial charge is 0.330 e. The van der Waals surface area contributed by atoms with Crippen molar-refractivity contribution in [2.75, 3.05) is 6.54 Å². The third-order valence-electron chi connectivity index (χ3n) is 1.54. The van der Waals surface area contributed by atoms with Crippen molar-refractivity contribution >= 4 is 5.78 Å². The molecule has 2 nitrogen and oxygen atoms in total. The molecule has 1 atom stereocenters. The number of rotatable bonds is 4. The van der Waals surface area contributed by atoms with E-state index in [2.05, 4.69) is 0 Å². The smallest absolute Gasteiger partial charge is 0.132 e. The van der Waals surface area contributed by atoms with Crippen LogP contribution >= 0.6 is 0 Å². The monoisotopic (exact) mass is 159 g/mol. The second kappa shape index (κ2) is 9.63. The molecule has 0 amide bonds. The fraction of sp³-hybridized carbons (Fsp3) is 0.889. The number of hydrogen-bond donors (Lipinski definition) is 1. The van der Waals surface area contributed by atoms with Gasteiger partial charge in [0.15, 0.2) is 0 Å². The molecule has 0 aliphatic carbocycles. The van der Waals surface area contributed by atoms with Gasteiger partial charge in [-0.1, -0.05) is 20.8 Å². The fourth-order valence-corrected chi connectivity index (χ4v) is 0.627. The van der Waals surface area contributed by atoms with Crippen LogP contribution in [0, 0.1) is 5.92 Å². The number of ketones is 1. The molecule has 0 saturated carbocycles. The first kappa shape index (κ1) is 13.2. The molecule has 0 aromatic carbocycles. The Morgan fingerprint density at radius 3 is 2.18 bits per heavy atom. The third-order valence-corrected chi connectivity index (χ3v) is 1.54. The molecule has 0 aromatic rings. The summed E-state index contributed by atoms with van der Waals surface area (Å²) in [6.45, 7) is 8.26. The van der Waals surface area contributed by atoms with Crippen LogP contribution in [0.15, 0.2) is 0 Å². The summed E-state index contributed by atoms with van der Waals surface area (Å²) in [6.07, 6.45) is 1.90. The van der Waals surface area contributed by atoms with Gasteiger partial charge in [0.1, 0.15) is 5.78 Å². The first-order valence-electron chi connectivity index (χ1n) is 4.39. The lowest BCUT2D eigenvalue weighted by atomic mass is 10.0. The Morgan fingerprint density at radius 2 is 1.91 bits per heavy atom. The number of Topliss-reactive ketones (excluding diaryl/α,β-unsaturated/α-hetero) is 1. The lowest BCUT2D eigenvalue weighted by Crippen LogP contribution is -2.08. The van der Waals surface area contributed by atoms with Gasteiger partial charge in [0.05, 0.1) is 0 Å². The standard InChI is InChI=1S/C7H15NO.C2H6/c1-6(7(2)9)4-3-5-8;1-2/h6H,3-5,8H2,1-2H3;1-2H3/t6-;/m0./s1. The van der Waals surface area contributed by atoms with Crippen molar-refractivity contribution in [3.8, 4) is 0 Å². The predicted molar refractivity (Wildman–Crippen MR) is 49.5 cm³/mol. The average molecular weight is 159 g/mol. The van der Waals surface area contributed by atoms with Crippen LogP contribution in [0.25, 0.3) is 0 Å². The van der Waals surface area contributed by atoms with Gasteiger partial charge in [-0.3, -0.25) is 4.79 Å². The molecule has 11 heavy (non-hydrogen) atoms. The molecule has 0 heterocycles. The number of hydrogen-bond acceptors (Lipinski definition) is 2. The lowest BCUT2D eigenvalue weighted by molar-refractivity contribution is -0.120. The van der Waals surface area contributed by atoms with Gasteiger partial charge in [-0.2, -0.15) is 0 Å². The molecule has 0 aromatic heterocycles. The minimum Gasteiger partial charge on any atom is -0.330 e. The third kappa shape index (κ3) is 9.63. The van der Waals surface area contributed by atoms with Crippen molar-refractivity contribution < 1.29 is 4.79 Å². The molecule has 2 N–H and O–H groups in total. The molecular weight excluding hydrogens is 138 g/mol. The summed E-state index contributed by atoms with van der Waals surface area (Å²) in [5, 5.41) is 0. The van der Waals surface area contributed by atoms with Crippen molar-refractivity contribution in [3.05, 3.63) is 0 Å². The molecule has 0 rings (SSSR count). The van der Waals surface area contributed by atoms with Crippen molar-refractivity contribution in [2.45, 2.75) is 40.5 Å². The number of carbonyl (C=O) groups is 1. The average Bonchev–Trinajstić information content (AvgIpc) is 2.03. The number of nitrogens with two attached hydrogens (primary N) is 1. The summed E-state index contributed by atoms with van der Waals surface area (Å²) in [6, 6.07) is 0. The zero-order chi connectivity index (χ0) is 9.28. The van der Waals surface area contributed by atoms with E-state index >= 15 is 0 Å². The molecule has 0 bridgehead atoms. The quantitative estimate of drug-likeness (QED) is 0.681. The zero-order valence-corrected chi connectivity index (χ0v) is 8.18. The highest BCUT2D eigenvalue weighted by atomic mass is 16.1. The minimum absolute atomic E-state index is 0.202. The van der Waals surface area contributed by atoms with Crippen LogP contribution < -0.4 is 5.73 Å². The zero-order valence-electron chi connectivity index (χ0n) is 8.18. The van der Waals surface area contributed by atoms with Gasteiger partial charge >= 0.3 is 0 Å². The van der Waals surface area contributed by atoms with E-state index in [1.807, 2.05) is 20.8 Å². The van der Waals surface area contributed by atoms with Crippen molar-refractivity contribution in [1.29, 1.82) is 0 Å². The van der Waals surface area contributed by atoms with E-state index in [0.29, 0.717) is 6.54 Å². The summed E-state index contributed by atoms with van der Waals surface area (Å²) in [5.74, 6) is 0.469. The molecule has 0 aliphatic rings. The molecule has 0 saturated heterocycles. The molecule has 0 radical (unpaired) electrons. The lowest BCUT2D eigenvalue weighted by Gasteiger charge is -2.03. The summed E-state index contributed by atoms with van der Waals surface area (Å²) >= 11 is 0. The van der Waals surface area contributed by atoms with Gasteiger partial charge in [0.2, 0.25) is 0 Å². The normalized spacial score (nSPS) is 11.4. The first-order chi connectivity index (χ1) is 5.18. The van der Waals surface area contributed by atoms with E-state index in [-0.39, 0.29) is 11.7 Å². The van der Waals surface area contributed by atoms with E-state index in [0.717, 1.165) is 12.8 Å². The summed E-state index contributed by atoms with van der Waals surface area (Å²) in [5.41, 5.74) is 5.27. The van der Waals surface area contributed by atoms with Gasteiger partial charge < -0.3 is 5.73 Å². The van der Waals surface area contributed by atoms with E-state index < -0.39 is 0 Å². The van der Waals surface area contributed by atoms with E-state index in [9.17, 15) is 4.79 Å². The molecular formula is C9H21NO. The first-order valence-corrected chi connectivity index (χ1v) is 4.39. The van der Waals surface area contributed by atoms with E-state index in [4.69, 9.17) is 5.73 Å². The van der Waals surface area contributed by atoms with Gasteiger partial charge in [0, 0.05) is 5.92 Å². The Kier molecular flexibility index (Phi) is 11.6. The maximum absolute atomic E-state index is 10.6. The van der Waals surface area contributed by atoms with E-state index in [1.165, 1.54) is 0 Å². The van der Waals surface area contributed by atoms with Gasteiger partial charge in [-0.15, -0.1) is 0 Å². The molecule has 0 fully saturated rings. The highest BCUT2D eigenvalue weighted by Crippen LogP contribution is 2.04. The number of carbonyl (C=O) groups excluding carboxylic acids is 1. The van der Waals surface area contributed by atoms with Crippen LogP contribution in [0.5, 0.6) is 0 Å². The predicted octanol–water partition coefficient (Wildman–Crippen LogP) is 1.98. The second-order valence-corrected chi connectivity index (χ2v) is 2.44. The maximum atomic E-state index is 10.6. The summed E-state index contributed by atoms with van der Waals surface area (Å²) in [4.78, 5) is 10.6. The van der Waals surface area contributed by atoms with Gasteiger partial charge in [-0.05, 0) is 26.3 Å². The van der Waals surface area contributed by atoms with Crippen molar-refractivity contribution in [1.82, 2.24) is 0 Å². The molecule has 0 spiro atoms. The summed E-state index contributed by atoms with van der Waals surface area (Å²) < 4.78 is 0. The van der Waals surface area contributed by atoms with Crippen LogP contribution in [0.3, 0.4) is 0 Å². The van der Waals surface area contributed by atoms with Crippen molar-refractivity contribution in [3.63, 3.8) is 0 Å². The topological polar surface area (TPSA) is 43.1 Å². The van der Waals surface area contributed by atoms with Crippen molar-refractivity contribution in [2.24, 2.45) is 11.7 Å². The Balaban J connectivity index is 0. The van der Waals surface area contributed by atoms with Crippen LogP contribution in [-0.2, 0) is 4.79 Å². The van der Waals surface area contributed by atoms with Crippen LogP contribution in [0.4, 0.5) is 0 Å². The Morgan fingerprint density at radius 1 is 1.45 bits per heavy atom. The minimum atomic E-state index is 0.202. The second-order valence-electron chi connectivity index (χ2n) is 2.44. The summed E-state index contributed by atoms with van der Waals surface area (Å²) in [7, 11) is 0. The highest BCUT2D eigenvalue weighted by molar-refractivity contribution is 5.77. The van der Waals surface area contributed by atoms with E-state index in [1.54, 1.807) is 6.92 Å².